The minimum atomic E-state index is 0.901. The molecule has 0 aliphatic heterocycles. The van der Waals surface area contributed by atoms with E-state index in [4.69, 9.17) is 5.84 Å². The normalized spacial score (nSPS) is 10.5. The van der Waals surface area contributed by atoms with Crippen LogP contribution in [0.4, 0.5) is 0 Å². The maximum atomic E-state index is 5.05. The molecule has 0 atom stereocenters. The quantitative estimate of drug-likeness (QED) is 0.293. The number of hydrazine groups is 1. The monoisotopic (exact) mass is 117 g/mol. The van der Waals surface area contributed by atoms with E-state index in [0.717, 1.165) is 19.5 Å². The Morgan fingerprint density at radius 1 is 1.50 bits per heavy atom. The highest BCUT2D eigenvalue weighted by Gasteiger charge is 1.86. The average Bonchev–Trinajstić information content (AvgIpc) is 1.66. The van der Waals surface area contributed by atoms with Crippen LogP contribution in [0.15, 0.2) is 0 Å². The first-order valence-electron chi connectivity index (χ1n) is 2.85. The Labute approximate surface area is 50.8 Å². The Morgan fingerprint density at radius 2 is 2.12 bits per heavy atom. The topological polar surface area (TPSA) is 41.3 Å². The molecule has 0 aliphatic carbocycles. The van der Waals surface area contributed by atoms with Gasteiger partial charge in [-0.15, -0.1) is 0 Å². The van der Waals surface area contributed by atoms with Crippen LogP contribution in [-0.2, 0) is 0 Å². The van der Waals surface area contributed by atoms with Gasteiger partial charge in [0.1, 0.15) is 0 Å². The fourth-order valence-corrected chi connectivity index (χ4v) is 0.497. The Bertz CT molecular complexity index is 44.9. The summed E-state index contributed by atoms with van der Waals surface area (Å²) in [6, 6.07) is 0. The Kier molecular flexibility index (Phi) is 4.95. The van der Waals surface area contributed by atoms with Gasteiger partial charge < -0.3 is 4.90 Å². The zero-order chi connectivity index (χ0) is 6.41. The van der Waals surface area contributed by atoms with Crippen LogP contribution < -0.4 is 11.3 Å². The Morgan fingerprint density at radius 3 is 2.50 bits per heavy atom. The lowest BCUT2D eigenvalue weighted by Gasteiger charge is -2.07. The summed E-state index contributed by atoms with van der Waals surface area (Å²) in [5, 5.41) is 0. The van der Waals surface area contributed by atoms with Gasteiger partial charge in [0.2, 0.25) is 0 Å². The highest BCUT2D eigenvalue weighted by molar-refractivity contribution is 4.44. The van der Waals surface area contributed by atoms with Crippen LogP contribution in [0.1, 0.15) is 6.42 Å². The third-order valence-corrected chi connectivity index (χ3v) is 0.926. The summed E-state index contributed by atoms with van der Waals surface area (Å²) in [5.74, 6) is 5.05. The van der Waals surface area contributed by atoms with Crippen LogP contribution in [0.5, 0.6) is 0 Å². The van der Waals surface area contributed by atoms with Crippen molar-refractivity contribution in [3.05, 3.63) is 0 Å². The maximum absolute atomic E-state index is 5.05. The second-order valence-corrected chi connectivity index (χ2v) is 2.11. The van der Waals surface area contributed by atoms with Gasteiger partial charge in [0.05, 0.1) is 0 Å². The smallest absolute Gasteiger partial charge is 0.0110 e. The summed E-state index contributed by atoms with van der Waals surface area (Å²) in [7, 11) is 4.10. The summed E-state index contributed by atoms with van der Waals surface area (Å²) < 4.78 is 0. The van der Waals surface area contributed by atoms with Crippen molar-refractivity contribution >= 4 is 0 Å². The highest BCUT2D eigenvalue weighted by atomic mass is 15.2. The molecular formula is C5H15N3. The predicted octanol–water partition coefficient (Wildman–Crippen LogP) is -0.599. The molecule has 0 fully saturated rings. The second kappa shape index (κ2) is 5.03. The van der Waals surface area contributed by atoms with Gasteiger partial charge in [-0.1, -0.05) is 0 Å². The van der Waals surface area contributed by atoms with E-state index < -0.39 is 0 Å². The lowest BCUT2D eigenvalue weighted by atomic mass is 10.4. The fourth-order valence-electron chi connectivity index (χ4n) is 0.497. The Hall–Kier alpha value is -0.120. The molecule has 0 bridgehead atoms. The number of hydrogen-bond donors (Lipinski definition) is 2. The SMILES string of the molecule is CN(C)CCCNN. The zero-order valence-corrected chi connectivity index (χ0v) is 5.65. The van der Waals surface area contributed by atoms with Crippen LogP contribution in [0.3, 0.4) is 0 Å². The number of hydrogen-bond acceptors (Lipinski definition) is 3. The van der Waals surface area contributed by atoms with Crippen molar-refractivity contribution in [1.29, 1.82) is 0 Å². The molecule has 3 N–H and O–H groups in total. The third kappa shape index (κ3) is 5.88. The molecule has 0 saturated carbocycles. The minimum Gasteiger partial charge on any atom is -0.309 e. The lowest BCUT2D eigenvalue weighted by Crippen LogP contribution is -2.26. The molecule has 0 rings (SSSR count). The molecule has 8 heavy (non-hydrogen) atoms. The van der Waals surface area contributed by atoms with E-state index in [9.17, 15) is 0 Å². The Balaban J connectivity index is 2.72. The van der Waals surface area contributed by atoms with Gasteiger partial charge in [0, 0.05) is 6.54 Å². The molecule has 0 heterocycles. The van der Waals surface area contributed by atoms with Gasteiger partial charge in [-0.2, -0.15) is 0 Å². The molecule has 0 amide bonds. The summed E-state index contributed by atoms with van der Waals surface area (Å²) in [6.07, 6.45) is 1.11. The predicted molar refractivity (Wildman–Crippen MR) is 35.4 cm³/mol. The van der Waals surface area contributed by atoms with Crippen molar-refractivity contribution in [3.8, 4) is 0 Å². The van der Waals surface area contributed by atoms with Crippen molar-refractivity contribution in [3.63, 3.8) is 0 Å². The molecule has 0 radical (unpaired) electrons. The van der Waals surface area contributed by atoms with Crippen LogP contribution in [0.2, 0.25) is 0 Å². The van der Waals surface area contributed by atoms with E-state index in [1.165, 1.54) is 0 Å². The summed E-state index contributed by atoms with van der Waals surface area (Å²) in [5.41, 5.74) is 2.60. The number of rotatable bonds is 4. The molecule has 50 valence electrons. The van der Waals surface area contributed by atoms with Gasteiger partial charge in [0.15, 0.2) is 0 Å². The standard InChI is InChI=1S/C5H15N3/c1-8(2)5-3-4-7-6/h7H,3-6H2,1-2H3. The molecule has 0 aliphatic rings. The highest BCUT2D eigenvalue weighted by Crippen LogP contribution is 1.77. The molecule has 3 nitrogen and oxygen atoms in total. The molecule has 0 spiro atoms. The van der Waals surface area contributed by atoms with Crippen LogP contribution in [-0.4, -0.2) is 32.1 Å². The minimum absolute atomic E-state index is 0.901. The lowest BCUT2D eigenvalue weighted by molar-refractivity contribution is 0.395. The van der Waals surface area contributed by atoms with Crippen LogP contribution in [0, 0.1) is 0 Å². The molecular weight excluding hydrogens is 102 g/mol. The molecule has 0 aromatic carbocycles. The van der Waals surface area contributed by atoms with E-state index in [-0.39, 0.29) is 0 Å². The largest absolute Gasteiger partial charge is 0.309 e. The van der Waals surface area contributed by atoms with Crippen LogP contribution >= 0.6 is 0 Å². The van der Waals surface area contributed by atoms with E-state index in [1.54, 1.807) is 0 Å². The van der Waals surface area contributed by atoms with Gasteiger partial charge in [-0.3, -0.25) is 11.3 Å². The van der Waals surface area contributed by atoms with Gasteiger partial charge in [-0.05, 0) is 27.1 Å². The number of nitrogens with two attached hydrogens (primary N) is 1. The summed E-state index contributed by atoms with van der Waals surface area (Å²) >= 11 is 0. The molecule has 0 unspecified atom stereocenters. The summed E-state index contributed by atoms with van der Waals surface area (Å²) in [6.45, 7) is 2.00. The number of nitrogens with zero attached hydrogens (tertiary/aromatic N) is 1. The fraction of sp³-hybridized carbons (Fsp3) is 1.00. The maximum Gasteiger partial charge on any atom is 0.0110 e. The second-order valence-electron chi connectivity index (χ2n) is 2.11. The van der Waals surface area contributed by atoms with Gasteiger partial charge >= 0.3 is 0 Å². The van der Waals surface area contributed by atoms with Crippen molar-refractivity contribution in [2.75, 3.05) is 27.2 Å². The first-order valence-corrected chi connectivity index (χ1v) is 2.85. The van der Waals surface area contributed by atoms with Crippen molar-refractivity contribution in [1.82, 2.24) is 10.3 Å². The van der Waals surface area contributed by atoms with Crippen molar-refractivity contribution < 1.29 is 0 Å². The molecule has 0 aromatic heterocycles. The first-order chi connectivity index (χ1) is 3.77. The third-order valence-electron chi connectivity index (χ3n) is 0.926. The van der Waals surface area contributed by atoms with E-state index in [0.29, 0.717) is 0 Å². The van der Waals surface area contributed by atoms with Crippen molar-refractivity contribution in [2.45, 2.75) is 6.42 Å². The summed E-state index contributed by atoms with van der Waals surface area (Å²) in [4.78, 5) is 2.14. The van der Waals surface area contributed by atoms with E-state index in [1.807, 2.05) is 0 Å². The van der Waals surface area contributed by atoms with Gasteiger partial charge in [0.25, 0.3) is 0 Å². The zero-order valence-electron chi connectivity index (χ0n) is 5.65. The van der Waals surface area contributed by atoms with E-state index in [2.05, 4.69) is 24.4 Å². The first kappa shape index (κ1) is 7.88. The number of nitrogens with one attached hydrogen (secondary N) is 1. The van der Waals surface area contributed by atoms with E-state index >= 15 is 0 Å². The molecule has 3 heteroatoms. The van der Waals surface area contributed by atoms with Crippen LogP contribution in [0.25, 0.3) is 0 Å². The van der Waals surface area contributed by atoms with Crippen molar-refractivity contribution in [2.24, 2.45) is 5.84 Å². The molecule has 0 saturated heterocycles. The molecule has 0 aromatic rings. The average molecular weight is 117 g/mol. The van der Waals surface area contributed by atoms with Gasteiger partial charge in [-0.25, -0.2) is 0 Å².